The molecule has 0 aromatic heterocycles. The minimum Gasteiger partial charge on any atom is -0.468 e. The van der Waals surface area contributed by atoms with E-state index in [-0.39, 0.29) is 23.1 Å². The molecule has 0 aromatic rings. The smallest absolute Gasteiger partial charge is 0.316 e. The van der Waals surface area contributed by atoms with Crippen molar-refractivity contribution < 1.29 is 14.3 Å². The normalized spacial score (nSPS) is 37.8. The number of carbonyl (C=O) groups is 2. The van der Waals surface area contributed by atoms with E-state index in [0.29, 0.717) is 12.3 Å². The Morgan fingerprint density at radius 1 is 1.40 bits per heavy atom. The van der Waals surface area contributed by atoms with E-state index in [1.54, 1.807) is 0 Å². The van der Waals surface area contributed by atoms with E-state index in [4.69, 9.17) is 4.74 Å². The van der Waals surface area contributed by atoms with E-state index >= 15 is 0 Å². The second kappa shape index (κ2) is 3.32. The van der Waals surface area contributed by atoms with Crippen LogP contribution in [-0.4, -0.2) is 18.9 Å². The number of esters is 1. The van der Waals surface area contributed by atoms with Gasteiger partial charge >= 0.3 is 5.97 Å². The Morgan fingerprint density at radius 3 is 2.67 bits per heavy atom. The Labute approximate surface area is 90.2 Å². The highest BCUT2D eigenvalue weighted by atomic mass is 16.5. The fourth-order valence-electron chi connectivity index (χ4n) is 3.42. The SMILES string of the molecule is COC(=O)[C@@H]1C(=O)C[C@H]2CC(C)(C)C[C@H]21. The first kappa shape index (κ1) is 10.7. The van der Waals surface area contributed by atoms with Gasteiger partial charge < -0.3 is 4.74 Å². The van der Waals surface area contributed by atoms with Crippen LogP contribution in [0.2, 0.25) is 0 Å². The van der Waals surface area contributed by atoms with Crippen molar-refractivity contribution in [2.75, 3.05) is 7.11 Å². The maximum Gasteiger partial charge on any atom is 0.316 e. The third-order valence-corrected chi connectivity index (χ3v) is 3.90. The minimum absolute atomic E-state index is 0.0901. The first-order valence-corrected chi connectivity index (χ1v) is 5.55. The lowest BCUT2D eigenvalue weighted by Crippen LogP contribution is -2.27. The van der Waals surface area contributed by atoms with Crippen molar-refractivity contribution in [2.45, 2.75) is 33.1 Å². The van der Waals surface area contributed by atoms with Crippen molar-refractivity contribution in [1.82, 2.24) is 0 Å². The largest absolute Gasteiger partial charge is 0.468 e. The van der Waals surface area contributed by atoms with Crippen molar-refractivity contribution >= 4 is 11.8 Å². The molecule has 0 bridgehead atoms. The molecule has 15 heavy (non-hydrogen) atoms. The highest BCUT2D eigenvalue weighted by Gasteiger charge is 2.53. The molecule has 2 aliphatic carbocycles. The molecule has 0 saturated heterocycles. The Hall–Kier alpha value is -0.860. The molecule has 0 N–H and O–H groups in total. The molecule has 0 aromatic carbocycles. The summed E-state index contributed by atoms with van der Waals surface area (Å²) in [6.45, 7) is 4.42. The number of fused-ring (bicyclic) bond motifs is 1. The summed E-state index contributed by atoms with van der Waals surface area (Å²) in [6, 6.07) is 0. The Bertz CT molecular complexity index is 298. The average Bonchev–Trinajstić information content (AvgIpc) is 2.54. The van der Waals surface area contributed by atoms with E-state index in [0.717, 1.165) is 12.8 Å². The highest BCUT2D eigenvalue weighted by molar-refractivity contribution is 6.01. The van der Waals surface area contributed by atoms with Crippen LogP contribution in [0.4, 0.5) is 0 Å². The molecule has 0 heterocycles. The van der Waals surface area contributed by atoms with Crippen LogP contribution in [0, 0.1) is 23.2 Å². The maximum atomic E-state index is 11.7. The van der Waals surface area contributed by atoms with Crippen LogP contribution in [0.5, 0.6) is 0 Å². The van der Waals surface area contributed by atoms with Gasteiger partial charge in [0, 0.05) is 6.42 Å². The molecule has 0 spiro atoms. The first-order valence-electron chi connectivity index (χ1n) is 5.55. The van der Waals surface area contributed by atoms with Crippen LogP contribution < -0.4 is 0 Å². The predicted octanol–water partition coefficient (Wildman–Crippen LogP) is 1.80. The Kier molecular flexibility index (Phi) is 2.36. The van der Waals surface area contributed by atoms with Gasteiger partial charge in [0.15, 0.2) is 0 Å². The van der Waals surface area contributed by atoms with Gasteiger partial charge in [0.05, 0.1) is 7.11 Å². The molecule has 2 saturated carbocycles. The van der Waals surface area contributed by atoms with Gasteiger partial charge in [-0.2, -0.15) is 0 Å². The van der Waals surface area contributed by atoms with Gasteiger partial charge in [-0.25, -0.2) is 0 Å². The molecule has 3 nitrogen and oxygen atoms in total. The number of carbonyl (C=O) groups excluding carboxylic acids is 2. The fraction of sp³-hybridized carbons (Fsp3) is 0.833. The van der Waals surface area contributed by atoms with Gasteiger partial charge in [-0.05, 0) is 30.1 Å². The standard InChI is InChI=1S/C12H18O3/c1-12(2)5-7-4-9(13)10(8(7)6-12)11(14)15-3/h7-8,10H,4-6H2,1-3H3/t7-,8+,10-/m0/s1. The van der Waals surface area contributed by atoms with Crippen molar-refractivity contribution in [3.63, 3.8) is 0 Å². The maximum absolute atomic E-state index is 11.7. The van der Waals surface area contributed by atoms with Crippen LogP contribution in [0.3, 0.4) is 0 Å². The zero-order chi connectivity index (χ0) is 11.2. The second-order valence-corrected chi connectivity index (χ2v) is 5.67. The molecule has 0 radical (unpaired) electrons. The van der Waals surface area contributed by atoms with Crippen molar-refractivity contribution in [3.05, 3.63) is 0 Å². The second-order valence-electron chi connectivity index (χ2n) is 5.67. The number of hydrogen-bond acceptors (Lipinski definition) is 3. The highest BCUT2D eigenvalue weighted by Crippen LogP contribution is 2.53. The van der Waals surface area contributed by atoms with E-state index in [2.05, 4.69) is 13.8 Å². The minimum atomic E-state index is -0.471. The van der Waals surface area contributed by atoms with Crippen LogP contribution in [-0.2, 0) is 14.3 Å². The summed E-state index contributed by atoms with van der Waals surface area (Å²) in [5, 5.41) is 0. The molecular weight excluding hydrogens is 192 g/mol. The summed E-state index contributed by atoms with van der Waals surface area (Å²) in [7, 11) is 1.36. The summed E-state index contributed by atoms with van der Waals surface area (Å²) >= 11 is 0. The molecule has 2 aliphatic rings. The van der Waals surface area contributed by atoms with E-state index < -0.39 is 5.92 Å². The van der Waals surface area contributed by atoms with Crippen LogP contribution in [0.1, 0.15) is 33.1 Å². The zero-order valence-corrected chi connectivity index (χ0v) is 9.58. The lowest BCUT2D eigenvalue weighted by Gasteiger charge is -2.19. The molecule has 0 aliphatic heterocycles. The lowest BCUT2D eigenvalue weighted by atomic mass is 9.85. The van der Waals surface area contributed by atoms with E-state index in [1.807, 2.05) is 0 Å². The van der Waals surface area contributed by atoms with Gasteiger partial charge in [-0.3, -0.25) is 9.59 Å². The van der Waals surface area contributed by atoms with Crippen LogP contribution in [0.25, 0.3) is 0 Å². The number of hydrogen-bond donors (Lipinski definition) is 0. The van der Waals surface area contributed by atoms with Gasteiger partial charge in [-0.1, -0.05) is 13.8 Å². The molecule has 0 amide bonds. The molecule has 2 rings (SSSR count). The predicted molar refractivity (Wildman–Crippen MR) is 55.1 cm³/mol. The Balaban J connectivity index is 2.19. The molecule has 84 valence electrons. The zero-order valence-electron chi connectivity index (χ0n) is 9.58. The molecular formula is C12H18O3. The number of methoxy groups -OCH3 is 1. The van der Waals surface area contributed by atoms with Gasteiger partial charge in [0.25, 0.3) is 0 Å². The first-order chi connectivity index (χ1) is 6.94. The number of ketones is 1. The fourth-order valence-corrected chi connectivity index (χ4v) is 3.42. The van der Waals surface area contributed by atoms with Crippen molar-refractivity contribution in [3.8, 4) is 0 Å². The summed E-state index contributed by atoms with van der Waals surface area (Å²) in [6.07, 6.45) is 2.62. The van der Waals surface area contributed by atoms with Crippen LogP contribution in [0.15, 0.2) is 0 Å². The van der Waals surface area contributed by atoms with Gasteiger partial charge in [0.1, 0.15) is 11.7 Å². The molecule has 0 unspecified atom stereocenters. The number of ether oxygens (including phenoxy) is 1. The topological polar surface area (TPSA) is 43.4 Å². The summed E-state index contributed by atoms with van der Waals surface area (Å²) < 4.78 is 4.72. The average molecular weight is 210 g/mol. The summed E-state index contributed by atoms with van der Waals surface area (Å²) in [5.41, 5.74) is 0.280. The monoisotopic (exact) mass is 210 g/mol. The number of Topliss-reactive ketones (excluding diaryl/α,β-unsaturated/α-hetero) is 1. The van der Waals surface area contributed by atoms with Gasteiger partial charge in [0.2, 0.25) is 0 Å². The summed E-state index contributed by atoms with van der Waals surface area (Å²) in [4.78, 5) is 23.2. The molecule has 2 fully saturated rings. The lowest BCUT2D eigenvalue weighted by molar-refractivity contribution is -0.149. The van der Waals surface area contributed by atoms with E-state index in [1.165, 1.54) is 7.11 Å². The van der Waals surface area contributed by atoms with Crippen molar-refractivity contribution in [1.29, 1.82) is 0 Å². The van der Waals surface area contributed by atoms with E-state index in [9.17, 15) is 9.59 Å². The Morgan fingerprint density at radius 2 is 2.07 bits per heavy atom. The molecule has 3 atom stereocenters. The van der Waals surface area contributed by atoms with Gasteiger partial charge in [-0.15, -0.1) is 0 Å². The third-order valence-electron chi connectivity index (χ3n) is 3.90. The third kappa shape index (κ3) is 1.68. The molecule has 3 heteroatoms. The number of rotatable bonds is 1. The summed E-state index contributed by atoms with van der Waals surface area (Å²) in [5.74, 6) is -0.0594. The van der Waals surface area contributed by atoms with Crippen molar-refractivity contribution in [2.24, 2.45) is 23.2 Å². The van der Waals surface area contributed by atoms with Crippen LogP contribution >= 0.6 is 0 Å². The quantitative estimate of drug-likeness (QED) is 0.489.